The molecule has 0 bridgehead atoms. The predicted octanol–water partition coefficient (Wildman–Crippen LogP) is 2.18. The van der Waals surface area contributed by atoms with Crippen molar-refractivity contribution in [3.63, 3.8) is 0 Å². The molecule has 3 amide bonds. The second kappa shape index (κ2) is 7.16. The van der Waals surface area contributed by atoms with Crippen LogP contribution in [0.4, 0.5) is 20.0 Å². The molecule has 27 heavy (non-hydrogen) atoms. The lowest BCUT2D eigenvalue weighted by atomic mass is 10.2. The van der Waals surface area contributed by atoms with Crippen molar-refractivity contribution in [2.24, 2.45) is 0 Å². The van der Waals surface area contributed by atoms with E-state index in [1.54, 1.807) is 34.5 Å². The van der Waals surface area contributed by atoms with Crippen molar-refractivity contribution in [2.75, 3.05) is 23.3 Å². The molecule has 138 valence electrons. The number of imidazole rings is 1. The van der Waals surface area contributed by atoms with Crippen LogP contribution >= 0.6 is 11.3 Å². The second-order valence-corrected chi connectivity index (χ2v) is 6.70. The topological polar surface area (TPSA) is 92.1 Å². The minimum Gasteiger partial charge on any atom is -0.336 e. The summed E-state index contributed by atoms with van der Waals surface area (Å²) in [6.07, 6.45) is 4.73. The van der Waals surface area contributed by atoms with Gasteiger partial charge in [0.05, 0.1) is 24.1 Å². The van der Waals surface area contributed by atoms with E-state index in [2.05, 4.69) is 20.6 Å². The molecule has 3 aromatic rings. The molecule has 1 aliphatic rings. The summed E-state index contributed by atoms with van der Waals surface area (Å²) >= 11 is 1.31. The standard InChI is InChI=1S/C17H15FN6O2S/c18-13-7-11(1-2-14(13)23-5-3-19-10-23)21-15(25)8-12-9-27-17(22-12)24-6-4-20-16(24)26/h1-3,5,7,9-10H,4,6,8H2,(H,20,26)(H,21,25). The summed E-state index contributed by atoms with van der Waals surface area (Å²) in [6.45, 7) is 1.13. The van der Waals surface area contributed by atoms with Crippen LogP contribution in [0.15, 0.2) is 42.3 Å². The van der Waals surface area contributed by atoms with Crippen LogP contribution in [-0.2, 0) is 11.2 Å². The van der Waals surface area contributed by atoms with E-state index in [-0.39, 0.29) is 18.4 Å². The van der Waals surface area contributed by atoms with Crippen molar-refractivity contribution in [1.82, 2.24) is 19.9 Å². The van der Waals surface area contributed by atoms with Gasteiger partial charge in [-0.25, -0.2) is 19.2 Å². The molecule has 0 spiro atoms. The molecule has 2 aromatic heterocycles. The molecular formula is C17H15FN6O2S. The first-order chi connectivity index (χ1) is 13.1. The maximum Gasteiger partial charge on any atom is 0.323 e. The number of carbonyl (C=O) groups is 2. The Morgan fingerprint density at radius 2 is 2.30 bits per heavy atom. The Bertz CT molecular complexity index is 987. The third kappa shape index (κ3) is 3.65. The van der Waals surface area contributed by atoms with Gasteiger partial charge in [0.2, 0.25) is 5.91 Å². The van der Waals surface area contributed by atoms with Gasteiger partial charge in [-0.1, -0.05) is 0 Å². The van der Waals surface area contributed by atoms with Crippen LogP contribution in [0, 0.1) is 5.82 Å². The molecule has 0 aliphatic carbocycles. The van der Waals surface area contributed by atoms with Gasteiger partial charge in [0.1, 0.15) is 5.82 Å². The molecule has 3 heterocycles. The number of aromatic nitrogens is 3. The molecule has 1 aromatic carbocycles. The van der Waals surface area contributed by atoms with Crippen molar-refractivity contribution >= 4 is 34.1 Å². The molecule has 1 saturated heterocycles. The van der Waals surface area contributed by atoms with Crippen LogP contribution in [0.5, 0.6) is 0 Å². The average molecular weight is 386 g/mol. The number of anilines is 2. The molecule has 0 unspecified atom stereocenters. The number of hydrogen-bond acceptors (Lipinski definition) is 5. The summed E-state index contributed by atoms with van der Waals surface area (Å²) in [4.78, 5) is 33.6. The number of nitrogens with zero attached hydrogens (tertiary/aromatic N) is 4. The molecule has 4 rings (SSSR count). The lowest BCUT2D eigenvalue weighted by Gasteiger charge is -2.09. The fourth-order valence-electron chi connectivity index (χ4n) is 2.72. The van der Waals surface area contributed by atoms with E-state index in [1.165, 1.54) is 28.6 Å². The van der Waals surface area contributed by atoms with Crippen molar-refractivity contribution < 1.29 is 14.0 Å². The average Bonchev–Trinajstić information content (AvgIpc) is 3.36. The van der Waals surface area contributed by atoms with Crippen molar-refractivity contribution in [1.29, 1.82) is 0 Å². The normalized spacial score (nSPS) is 13.7. The highest BCUT2D eigenvalue weighted by atomic mass is 32.1. The highest BCUT2D eigenvalue weighted by Gasteiger charge is 2.24. The van der Waals surface area contributed by atoms with E-state index in [0.29, 0.717) is 35.3 Å². The monoisotopic (exact) mass is 386 g/mol. The van der Waals surface area contributed by atoms with Crippen LogP contribution in [0.1, 0.15) is 5.69 Å². The number of carbonyl (C=O) groups excluding carboxylic acids is 2. The van der Waals surface area contributed by atoms with E-state index in [9.17, 15) is 14.0 Å². The highest BCUT2D eigenvalue weighted by Crippen LogP contribution is 2.23. The first-order valence-electron chi connectivity index (χ1n) is 8.17. The van der Waals surface area contributed by atoms with Gasteiger partial charge in [0.15, 0.2) is 5.13 Å². The Balaban J connectivity index is 1.40. The van der Waals surface area contributed by atoms with Gasteiger partial charge in [-0.15, -0.1) is 11.3 Å². The first-order valence-corrected chi connectivity index (χ1v) is 9.05. The van der Waals surface area contributed by atoms with Crippen LogP contribution in [-0.4, -0.2) is 39.6 Å². The van der Waals surface area contributed by atoms with E-state index >= 15 is 0 Å². The third-order valence-corrected chi connectivity index (χ3v) is 4.90. The Kier molecular flexibility index (Phi) is 4.55. The maximum absolute atomic E-state index is 14.2. The second-order valence-electron chi connectivity index (χ2n) is 5.87. The SMILES string of the molecule is O=C(Cc1csc(N2CCNC2=O)n1)Nc1ccc(-n2ccnc2)c(F)c1. The van der Waals surface area contributed by atoms with Gasteiger partial charge in [-0.05, 0) is 18.2 Å². The van der Waals surface area contributed by atoms with Gasteiger partial charge in [-0.2, -0.15) is 0 Å². The number of amides is 3. The highest BCUT2D eigenvalue weighted by molar-refractivity contribution is 7.14. The molecule has 1 fully saturated rings. The van der Waals surface area contributed by atoms with E-state index in [0.717, 1.165) is 0 Å². The Hall–Kier alpha value is -3.27. The van der Waals surface area contributed by atoms with Crippen LogP contribution < -0.4 is 15.5 Å². The maximum atomic E-state index is 14.2. The van der Waals surface area contributed by atoms with Crippen LogP contribution in [0.25, 0.3) is 5.69 Å². The molecule has 10 heteroatoms. The van der Waals surface area contributed by atoms with Gasteiger partial charge >= 0.3 is 6.03 Å². The molecule has 0 atom stereocenters. The number of rotatable bonds is 5. The van der Waals surface area contributed by atoms with Gasteiger partial charge in [0, 0.05) is 36.6 Å². The third-order valence-electron chi connectivity index (χ3n) is 3.98. The molecular weight excluding hydrogens is 371 g/mol. The molecule has 2 N–H and O–H groups in total. The summed E-state index contributed by atoms with van der Waals surface area (Å²) in [5, 5.41) is 7.66. The fourth-order valence-corrected chi connectivity index (χ4v) is 3.57. The minimum atomic E-state index is -0.471. The van der Waals surface area contributed by atoms with E-state index in [4.69, 9.17) is 0 Å². The fraction of sp³-hybridized carbons (Fsp3) is 0.176. The Labute approximate surface area is 157 Å². The molecule has 8 nitrogen and oxygen atoms in total. The summed E-state index contributed by atoms with van der Waals surface area (Å²) in [6, 6.07) is 4.26. The largest absolute Gasteiger partial charge is 0.336 e. The summed E-state index contributed by atoms with van der Waals surface area (Å²) in [5.41, 5.74) is 1.26. The first kappa shape index (κ1) is 17.2. The Morgan fingerprint density at radius 3 is 3.00 bits per heavy atom. The number of hydrogen-bond donors (Lipinski definition) is 2. The summed E-state index contributed by atoms with van der Waals surface area (Å²) < 4.78 is 15.8. The number of benzene rings is 1. The zero-order valence-electron chi connectivity index (χ0n) is 14.1. The zero-order chi connectivity index (χ0) is 18.8. The van der Waals surface area contributed by atoms with Gasteiger partial charge in [0.25, 0.3) is 0 Å². The van der Waals surface area contributed by atoms with Gasteiger partial charge in [-0.3, -0.25) is 9.69 Å². The molecule has 0 radical (unpaired) electrons. The van der Waals surface area contributed by atoms with Crippen molar-refractivity contribution in [2.45, 2.75) is 6.42 Å². The summed E-state index contributed by atoms with van der Waals surface area (Å²) in [5.74, 6) is -0.783. The molecule has 0 saturated carbocycles. The number of thiazole rings is 1. The van der Waals surface area contributed by atoms with Crippen molar-refractivity contribution in [3.05, 3.63) is 53.8 Å². The number of urea groups is 1. The number of nitrogens with one attached hydrogen (secondary N) is 2. The van der Waals surface area contributed by atoms with Gasteiger partial charge < -0.3 is 15.2 Å². The lowest BCUT2D eigenvalue weighted by molar-refractivity contribution is -0.115. The molecule has 1 aliphatic heterocycles. The van der Waals surface area contributed by atoms with Crippen LogP contribution in [0.3, 0.4) is 0 Å². The van der Waals surface area contributed by atoms with Crippen molar-refractivity contribution in [3.8, 4) is 5.69 Å². The summed E-state index contributed by atoms with van der Waals surface area (Å²) in [7, 11) is 0. The smallest absolute Gasteiger partial charge is 0.323 e. The quantitative estimate of drug-likeness (QED) is 0.703. The number of halogens is 1. The zero-order valence-corrected chi connectivity index (χ0v) is 14.9. The predicted molar refractivity (Wildman–Crippen MR) is 98.7 cm³/mol. The van der Waals surface area contributed by atoms with E-state index in [1.807, 2.05) is 0 Å². The lowest BCUT2D eigenvalue weighted by Crippen LogP contribution is -2.27. The Morgan fingerprint density at radius 1 is 1.41 bits per heavy atom. The van der Waals surface area contributed by atoms with E-state index < -0.39 is 5.82 Å². The minimum absolute atomic E-state index is 0.0385. The van der Waals surface area contributed by atoms with Crippen LogP contribution in [0.2, 0.25) is 0 Å².